The van der Waals surface area contributed by atoms with E-state index in [-0.39, 0.29) is 17.9 Å². The lowest BCUT2D eigenvalue weighted by atomic mass is 10.1. The standard InChI is InChI=1S/C30H34BrN3O5/c1-37-23-13-11-21(12-14-23)20-34(27-10-6-5-9-26(27)33-15-7-4-8-16-33)32-29(35)18-22-17-28(38-2)24(19-25(22)31)30(36)39-3/h5-6,9-14,17,19H,4,7-8,15-16,18,20H2,1-3H3,(H,32,35). The number of ether oxygens (including phenoxy) is 3. The molecule has 1 fully saturated rings. The van der Waals surface area contributed by atoms with Gasteiger partial charge in [-0.2, -0.15) is 0 Å². The number of piperidine rings is 1. The average molecular weight is 597 g/mol. The number of hydrogen-bond acceptors (Lipinski definition) is 7. The van der Waals surface area contributed by atoms with Gasteiger partial charge >= 0.3 is 5.97 Å². The summed E-state index contributed by atoms with van der Waals surface area (Å²) in [6.45, 7) is 2.44. The van der Waals surface area contributed by atoms with Gasteiger partial charge in [-0.1, -0.05) is 40.2 Å². The number of carbonyl (C=O) groups is 2. The third kappa shape index (κ3) is 7.03. The Bertz CT molecular complexity index is 1290. The molecule has 0 bridgehead atoms. The number of para-hydroxylation sites is 2. The van der Waals surface area contributed by atoms with E-state index in [1.165, 1.54) is 20.6 Å². The fourth-order valence-corrected chi connectivity index (χ4v) is 5.21. The SMILES string of the molecule is COC(=O)c1cc(Br)c(CC(=O)NN(Cc2ccc(OC)cc2)c2ccccc2N2CCCCC2)cc1OC. The Balaban J connectivity index is 1.62. The molecule has 0 aliphatic carbocycles. The molecule has 8 nitrogen and oxygen atoms in total. The molecule has 3 aromatic carbocycles. The average Bonchev–Trinajstić information content (AvgIpc) is 2.98. The molecule has 3 aromatic rings. The van der Waals surface area contributed by atoms with Crippen LogP contribution < -0.4 is 24.8 Å². The smallest absolute Gasteiger partial charge is 0.341 e. The number of hydrazine groups is 1. The van der Waals surface area contributed by atoms with Crippen LogP contribution in [0.2, 0.25) is 0 Å². The van der Waals surface area contributed by atoms with Crippen molar-refractivity contribution in [2.45, 2.75) is 32.2 Å². The van der Waals surface area contributed by atoms with Gasteiger partial charge in [-0.05, 0) is 66.8 Å². The van der Waals surface area contributed by atoms with E-state index in [0.29, 0.717) is 22.3 Å². The zero-order valence-electron chi connectivity index (χ0n) is 22.5. The molecule has 39 heavy (non-hydrogen) atoms. The Morgan fingerprint density at radius 3 is 2.33 bits per heavy atom. The Morgan fingerprint density at radius 1 is 0.949 bits per heavy atom. The van der Waals surface area contributed by atoms with Crippen molar-refractivity contribution < 1.29 is 23.8 Å². The number of nitrogens with zero attached hydrogens (tertiary/aromatic N) is 2. The van der Waals surface area contributed by atoms with Crippen molar-refractivity contribution in [3.63, 3.8) is 0 Å². The number of amides is 1. The number of rotatable bonds is 10. The van der Waals surface area contributed by atoms with Gasteiger partial charge in [-0.15, -0.1) is 0 Å². The van der Waals surface area contributed by atoms with Gasteiger partial charge in [0.05, 0.1) is 45.7 Å². The summed E-state index contributed by atoms with van der Waals surface area (Å²) in [6, 6.07) is 19.3. The quantitative estimate of drug-likeness (QED) is 0.244. The number of methoxy groups -OCH3 is 3. The van der Waals surface area contributed by atoms with Crippen LogP contribution in [-0.2, 0) is 22.5 Å². The molecule has 9 heteroatoms. The van der Waals surface area contributed by atoms with E-state index in [4.69, 9.17) is 14.2 Å². The van der Waals surface area contributed by atoms with Crippen molar-refractivity contribution in [2.24, 2.45) is 0 Å². The Morgan fingerprint density at radius 2 is 1.67 bits per heavy atom. The minimum Gasteiger partial charge on any atom is -0.497 e. The maximum atomic E-state index is 13.5. The van der Waals surface area contributed by atoms with E-state index < -0.39 is 5.97 Å². The summed E-state index contributed by atoms with van der Waals surface area (Å²) in [6.07, 6.45) is 3.61. The highest BCUT2D eigenvalue weighted by Crippen LogP contribution is 2.32. The zero-order valence-corrected chi connectivity index (χ0v) is 24.1. The number of esters is 1. The Hall–Kier alpha value is -3.72. The monoisotopic (exact) mass is 595 g/mol. The van der Waals surface area contributed by atoms with Crippen LogP contribution in [-0.4, -0.2) is 46.3 Å². The van der Waals surface area contributed by atoms with Gasteiger partial charge < -0.3 is 19.1 Å². The first kappa shape index (κ1) is 28.3. The minimum absolute atomic E-state index is 0.0728. The fourth-order valence-electron chi connectivity index (χ4n) is 4.73. The third-order valence-corrected chi connectivity index (χ3v) is 7.49. The lowest BCUT2D eigenvalue weighted by Crippen LogP contribution is -2.44. The molecule has 1 aliphatic heterocycles. The van der Waals surface area contributed by atoms with Crippen molar-refractivity contribution in [1.82, 2.24) is 5.43 Å². The summed E-state index contributed by atoms with van der Waals surface area (Å²) in [4.78, 5) is 28.0. The second-order valence-electron chi connectivity index (χ2n) is 9.32. The summed E-state index contributed by atoms with van der Waals surface area (Å²) in [7, 11) is 4.44. The second-order valence-corrected chi connectivity index (χ2v) is 10.2. The van der Waals surface area contributed by atoms with E-state index in [9.17, 15) is 9.59 Å². The lowest BCUT2D eigenvalue weighted by Gasteiger charge is -2.34. The molecule has 1 heterocycles. The molecule has 0 unspecified atom stereocenters. The maximum Gasteiger partial charge on any atom is 0.341 e. The number of halogens is 1. The third-order valence-electron chi connectivity index (χ3n) is 6.75. The van der Waals surface area contributed by atoms with Gasteiger partial charge in [0.2, 0.25) is 5.91 Å². The van der Waals surface area contributed by atoms with Gasteiger partial charge in [0.25, 0.3) is 0 Å². The van der Waals surface area contributed by atoms with Crippen molar-refractivity contribution >= 4 is 39.2 Å². The number of hydrogen-bond donors (Lipinski definition) is 1. The Labute approximate surface area is 237 Å². The summed E-state index contributed by atoms with van der Waals surface area (Å²) >= 11 is 3.50. The van der Waals surface area contributed by atoms with Crippen LogP contribution in [0.25, 0.3) is 0 Å². The molecule has 1 aliphatic rings. The van der Waals surface area contributed by atoms with Gasteiger partial charge in [-0.25, -0.2) is 4.79 Å². The van der Waals surface area contributed by atoms with Crippen LogP contribution in [0.4, 0.5) is 11.4 Å². The number of benzene rings is 3. The maximum absolute atomic E-state index is 13.5. The first-order chi connectivity index (χ1) is 18.9. The van der Waals surface area contributed by atoms with Crippen LogP contribution in [0.5, 0.6) is 11.5 Å². The van der Waals surface area contributed by atoms with E-state index in [1.807, 2.05) is 47.5 Å². The lowest BCUT2D eigenvalue weighted by molar-refractivity contribution is -0.120. The molecular formula is C30H34BrN3O5. The van der Waals surface area contributed by atoms with E-state index in [0.717, 1.165) is 48.6 Å². The second kappa shape index (κ2) is 13.4. The molecule has 0 saturated carbocycles. The predicted molar refractivity (Wildman–Crippen MR) is 156 cm³/mol. The van der Waals surface area contributed by atoms with Crippen LogP contribution in [0, 0.1) is 0 Å². The predicted octanol–water partition coefficient (Wildman–Crippen LogP) is 5.52. The molecule has 0 radical (unpaired) electrons. The molecule has 1 saturated heterocycles. The van der Waals surface area contributed by atoms with Crippen LogP contribution >= 0.6 is 15.9 Å². The zero-order chi connectivity index (χ0) is 27.8. The molecule has 0 atom stereocenters. The minimum atomic E-state index is -0.511. The fraction of sp³-hybridized carbons (Fsp3) is 0.333. The largest absolute Gasteiger partial charge is 0.497 e. The normalized spacial score (nSPS) is 13.0. The van der Waals surface area contributed by atoms with E-state index >= 15 is 0 Å². The summed E-state index contributed by atoms with van der Waals surface area (Å²) < 4.78 is 16.2. The summed E-state index contributed by atoms with van der Waals surface area (Å²) in [5.74, 6) is 0.407. The number of nitrogens with one attached hydrogen (secondary N) is 1. The van der Waals surface area contributed by atoms with E-state index in [1.54, 1.807) is 19.2 Å². The molecule has 4 rings (SSSR count). The van der Waals surface area contributed by atoms with Crippen molar-refractivity contribution in [1.29, 1.82) is 0 Å². The van der Waals surface area contributed by atoms with Gasteiger partial charge in [-0.3, -0.25) is 15.2 Å². The van der Waals surface area contributed by atoms with E-state index in [2.05, 4.69) is 32.3 Å². The highest BCUT2D eigenvalue weighted by atomic mass is 79.9. The highest BCUT2D eigenvalue weighted by Gasteiger charge is 2.22. The molecule has 206 valence electrons. The first-order valence-electron chi connectivity index (χ1n) is 12.9. The molecule has 0 aromatic heterocycles. The highest BCUT2D eigenvalue weighted by molar-refractivity contribution is 9.10. The summed E-state index contributed by atoms with van der Waals surface area (Å²) in [5, 5.41) is 1.90. The number of carbonyl (C=O) groups excluding carboxylic acids is 2. The van der Waals surface area contributed by atoms with Gasteiger partial charge in [0, 0.05) is 17.6 Å². The molecular weight excluding hydrogens is 562 g/mol. The van der Waals surface area contributed by atoms with Crippen LogP contribution in [0.1, 0.15) is 40.7 Å². The topological polar surface area (TPSA) is 80.3 Å². The van der Waals surface area contributed by atoms with Crippen LogP contribution in [0.3, 0.4) is 0 Å². The van der Waals surface area contributed by atoms with Crippen molar-refractivity contribution in [3.05, 3.63) is 81.8 Å². The first-order valence-corrected chi connectivity index (χ1v) is 13.7. The summed E-state index contributed by atoms with van der Waals surface area (Å²) in [5.41, 5.74) is 7.15. The van der Waals surface area contributed by atoms with Gasteiger partial charge in [0.15, 0.2) is 0 Å². The van der Waals surface area contributed by atoms with Crippen LogP contribution in [0.15, 0.2) is 65.1 Å². The Kier molecular flexibility index (Phi) is 9.70. The molecule has 0 spiro atoms. The van der Waals surface area contributed by atoms with Gasteiger partial charge in [0.1, 0.15) is 17.1 Å². The molecule has 1 N–H and O–H groups in total. The molecule has 1 amide bonds. The number of anilines is 2. The van der Waals surface area contributed by atoms with Crippen molar-refractivity contribution in [2.75, 3.05) is 44.3 Å². The van der Waals surface area contributed by atoms with Crippen molar-refractivity contribution in [3.8, 4) is 11.5 Å².